The van der Waals surface area contributed by atoms with Crippen LogP contribution in [0.15, 0.2) is 0 Å². The van der Waals surface area contributed by atoms with Crippen LogP contribution in [-0.4, -0.2) is 26.7 Å². The SMILES string of the molecule is CP(C)(=S)[S-].CP(C)(=S)[S-].[Cu+2]. The van der Waals surface area contributed by atoms with Gasteiger partial charge in [-0.2, -0.15) is 10.5 Å². The molecule has 0 nitrogen and oxygen atoms in total. The van der Waals surface area contributed by atoms with Gasteiger partial charge < -0.3 is 24.5 Å². The minimum absolute atomic E-state index is 0. The zero-order valence-corrected chi connectivity index (χ0v) is 12.8. The van der Waals surface area contributed by atoms with Crippen molar-refractivity contribution in [3.05, 3.63) is 0 Å². The zero-order valence-electron chi connectivity index (χ0n) is 6.83. The normalized spacial score (nSPS) is 10.7. The maximum atomic E-state index is 4.75. The van der Waals surface area contributed by atoms with Crippen LogP contribution in [0.25, 0.3) is 0 Å². The Bertz CT molecular complexity index is 132. The molecule has 0 aromatic carbocycles. The number of hydrogen-bond donors (Lipinski definition) is 0. The Morgan fingerprint density at radius 3 is 0.818 bits per heavy atom. The van der Waals surface area contributed by atoms with Crippen LogP contribution in [-0.2, 0) is 65.2 Å². The van der Waals surface area contributed by atoms with Gasteiger partial charge >= 0.3 is 17.1 Å². The Balaban J connectivity index is -0.000000107. The molecule has 0 N–H and O–H groups in total. The smallest absolute Gasteiger partial charge is 0.747 e. The van der Waals surface area contributed by atoms with E-state index in [-0.39, 0.29) is 17.1 Å². The first-order chi connectivity index (χ1) is 4.00. The third-order valence-electron chi connectivity index (χ3n) is 0. The molecule has 0 aliphatic heterocycles. The van der Waals surface area contributed by atoms with Crippen molar-refractivity contribution < 1.29 is 17.1 Å². The zero-order chi connectivity index (χ0) is 9.00. The van der Waals surface area contributed by atoms with Gasteiger partial charge in [0.1, 0.15) is 0 Å². The van der Waals surface area contributed by atoms with E-state index >= 15 is 0 Å². The summed E-state index contributed by atoms with van der Waals surface area (Å²) < 4.78 is 0. The molecule has 0 aliphatic rings. The Labute approximate surface area is 101 Å². The minimum Gasteiger partial charge on any atom is -0.747 e. The summed E-state index contributed by atoms with van der Waals surface area (Å²) in [5.41, 5.74) is 0. The van der Waals surface area contributed by atoms with E-state index < -0.39 is 10.5 Å². The molecule has 0 unspecified atom stereocenters. The first kappa shape index (κ1) is 19.1. The van der Waals surface area contributed by atoms with Crippen molar-refractivity contribution in [3.8, 4) is 0 Å². The summed E-state index contributed by atoms with van der Waals surface area (Å²) in [6.45, 7) is 7.71. The second kappa shape index (κ2) is 7.88. The van der Waals surface area contributed by atoms with Crippen molar-refractivity contribution in [2.45, 2.75) is 0 Å². The van der Waals surface area contributed by atoms with Crippen molar-refractivity contribution in [1.82, 2.24) is 0 Å². The van der Waals surface area contributed by atoms with E-state index in [0.29, 0.717) is 0 Å². The van der Waals surface area contributed by atoms with Gasteiger partial charge in [0.25, 0.3) is 0 Å². The molecule has 0 heterocycles. The van der Waals surface area contributed by atoms with Gasteiger partial charge in [0.2, 0.25) is 0 Å². The summed E-state index contributed by atoms with van der Waals surface area (Å²) >= 11 is 19.0. The molecule has 0 atom stereocenters. The van der Waals surface area contributed by atoms with Gasteiger partial charge in [-0.1, -0.05) is 26.7 Å². The second-order valence-electron chi connectivity index (χ2n) is 2.50. The molecule has 0 amide bonds. The molecule has 7 heteroatoms. The molecule has 0 aliphatic carbocycles. The first-order valence-electron chi connectivity index (χ1n) is 2.52. The van der Waals surface area contributed by atoms with E-state index in [1.807, 2.05) is 26.7 Å². The molecule has 0 bridgehead atoms. The summed E-state index contributed by atoms with van der Waals surface area (Å²) in [5.74, 6) is 0. The molecule has 73 valence electrons. The summed E-state index contributed by atoms with van der Waals surface area (Å²) in [7, 11) is 0. The van der Waals surface area contributed by atoms with Crippen LogP contribution in [0.1, 0.15) is 0 Å². The fraction of sp³-hybridized carbons (Fsp3) is 1.00. The molecule has 0 fully saturated rings. The van der Waals surface area contributed by atoms with E-state index in [2.05, 4.69) is 0 Å². The van der Waals surface area contributed by atoms with E-state index in [1.54, 1.807) is 0 Å². The number of hydrogen-bond acceptors (Lipinski definition) is 4. The average molecular weight is 314 g/mol. The first-order valence-corrected chi connectivity index (χ1v) is 11.9. The van der Waals surface area contributed by atoms with Crippen molar-refractivity contribution in [1.29, 1.82) is 0 Å². The van der Waals surface area contributed by atoms with Crippen LogP contribution in [0.5, 0.6) is 0 Å². The predicted octanol–water partition coefficient (Wildman–Crippen LogP) is 2.37. The van der Waals surface area contributed by atoms with Crippen LogP contribution < -0.4 is 0 Å². The molecule has 1 radical (unpaired) electrons. The van der Waals surface area contributed by atoms with Crippen LogP contribution in [0.4, 0.5) is 0 Å². The molecule has 0 spiro atoms. The van der Waals surface area contributed by atoms with Gasteiger partial charge in [-0.3, -0.25) is 0 Å². The van der Waals surface area contributed by atoms with Gasteiger partial charge in [-0.25, -0.2) is 0 Å². The van der Waals surface area contributed by atoms with Gasteiger partial charge in [0.05, 0.1) is 0 Å². The Kier molecular flexibility index (Phi) is 13.7. The monoisotopic (exact) mass is 313 g/mol. The maximum Gasteiger partial charge on any atom is 2.00 e. The van der Waals surface area contributed by atoms with Crippen LogP contribution >= 0.6 is 10.5 Å². The summed E-state index contributed by atoms with van der Waals surface area (Å²) in [6.07, 6.45) is 0. The predicted molar refractivity (Wildman–Crippen MR) is 67.0 cm³/mol. The number of rotatable bonds is 0. The van der Waals surface area contributed by atoms with Crippen molar-refractivity contribution in [2.24, 2.45) is 0 Å². The second-order valence-corrected chi connectivity index (χ2v) is 19.9. The molecular weight excluding hydrogens is 302 g/mol. The van der Waals surface area contributed by atoms with E-state index in [0.717, 1.165) is 0 Å². The third-order valence-corrected chi connectivity index (χ3v) is 0. The molecular formula is C4H12CuP2S4. The van der Waals surface area contributed by atoms with Gasteiger partial charge in [-0.05, 0) is 0 Å². The third kappa shape index (κ3) is 218. The van der Waals surface area contributed by atoms with Crippen molar-refractivity contribution in [3.63, 3.8) is 0 Å². The minimum atomic E-state index is -1.22. The van der Waals surface area contributed by atoms with Crippen LogP contribution in [0.2, 0.25) is 0 Å². The standard InChI is InChI=1S/2C2H7PS2.Cu/c2*1-3(2,4)5;/h2*1-2H3,(H,4,5);/q;;+2/p-2. The van der Waals surface area contributed by atoms with Crippen molar-refractivity contribution >= 4 is 58.6 Å². The van der Waals surface area contributed by atoms with Gasteiger partial charge in [0.15, 0.2) is 0 Å². The van der Waals surface area contributed by atoms with Gasteiger partial charge in [0, 0.05) is 0 Å². The molecule has 0 aromatic heterocycles. The van der Waals surface area contributed by atoms with Crippen molar-refractivity contribution in [2.75, 3.05) is 26.7 Å². The fourth-order valence-electron chi connectivity index (χ4n) is 0. The summed E-state index contributed by atoms with van der Waals surface area (Å²) in [5, 5.41) is -2.44. The van der Waals surface area contributed by atoms with Crippen LogP contribution in [0.3, 0.4) is 0 Å². The molecule has 0 rings (SSSR count). The van der Waals surface area contributed by atoms with E-state index in [9.17, 15) is 0 Å². The van der Waals surface area contributed by atoms with Gasteiger partial charge in [-0.15, -0.1) is 23.6 Å². The molecule has 0 saturated heterocycles. The van der Waals surface area contributed by atoms with E-state index in [4.69, 9.17) is 48.1 Å². The quantitative estimate of drug-likeness (QED) is 0.382. The molecule has 0 saturated carbocycles. The Morgan fingerprint density at radius 1 is 0.818 bits per heavy atom. The van der Waals surface area contributed by atoms with E-state index in [1.165, 1.54) is 0 Å². The summed E-state index contributed by atoms with van der Waals surface area (Å²) in [6, 6.07) is 0. The Hall–Kier alpha value is 2.52. The Morgan fingerprint density at radius 2 is 0.818 bits per heavy atom. The maximum absolute atomic E-state index is 4.75. The molecule has 11 heavy (non-hydrogen) atoms. The summed E-state index contributed by atoms with van der Waals surface area (Å²) in [4.78, 5) is 0. The topological polar surface area (TPSA) is 0 Å². The average Bonchev–Trinajstić information content (AvgIpc) is 1.12. The van der Waals surface area contributed by atoms with Crippen LogP contribution in [0, 0.1) is 0 Å². The fourth-order valence-corrected chi connectivity index (χ4v) is 0. The largest absolute Gasteiger partial charge is 2.00 e. The molecule has 0 aromatic rings.